The van der Waals surface area contributed by atoms with Crippen molar-refractivity contribution in [2.45, 2.75) is 39.7 Å². The first-order valence-electron chi connectivity index (χ1n) is 5.56. The van der Waals surface area contributed by atoms with Gasteiger partial charge in [0.15, 0.2) is 0 Å². The average molecular weight is 202 g/mol. The Bertz CT molecular complexity index is 138. The van der Waals surface area contributed by atoms with E-state index in [9.17, 15) is 0 Å². The van der Waals surface area contributed by atoms with E-state index in [2.05, 4.69) is 25.8 Å². The van der Waals surface area contributed by atoms with E-state index in [1.54, 1.807) is 0 Å². The second-order valence-electron chi connectivity index (χ2n) is 4.36. The van der Waals surface area contributed by atoms with Gasteiger partial charge in [0, 0.05) is 12.6 Å². The first-order valence-corrected chi connectivity index (χ1v) is 5.56. The van der Waals surface area contributed by atoms with E-state index < -0.39 is 0 Å². The van der Waals surface area contributed by atoms with Crippen LogP contribution in [0.1, 0.15) is 33.6 Å². The number of hydrogen-bond donors (Lipinski definition) is 2. The third kappa shape index (κ3) is 3.56. The normalized spacial score (nSPS) is 14.8. The zero-order chi connectivity index (χ0) is 11.2. The van der Waals surface area contributed by atoms with E-state index in [0.29, 0.717) is 0 Å². The number of likely N-dealkylation sites (N-methyl/N-ethyl adjacent to an activating group) is 1. The molecule has 3 heteroatoms. The largest absolute Gasteiger partial charge is 0.395 e. The Morgan fingerprint density at radius 2 is 1.86 bits per heavy atom. The van der Waals surface area contributed by atoms with Crippen LogP contribution in [0.2, 0.25) is 0 Å². The number of nitrogens with two attached hydrogens (primary N) is 1. The third-order valence-electron chi connectivity index (χ3n) is 3.53. The Labute approximate surface area is 88.3 Å². The molecule has 1 atom stereocenters. The van der Waals surface area contributed by atoms with Gasteiger partial charge in [-0.05, 0) is 38.8 Å². The molecule has 0 aromatic rings. The lowest BCUT2D eigenvalue weighted by Gasteiger charge is -2.36. The molecule has 0 aliphatic carbocycles. The minimum atomic E-state index is 0.213. The molecule has 0 spiro atoms. The van der Waals surface area contributed by atoms with Gasteiger partial charge in [0.25, 0.3) is 0 Å². The van der Waals surface area contributed by atoms with E-state index in [1.807, 2.05) is 6.92 Å². The number of nitrogens with zero attached hydrogens (tertiary/aromatic N) is 1. The molecule has 0 aromatic carbocycles. The Balaban J connectivity index is 4.28. The van der Waals surface area contributed by atoms with Gasteiger partial charge in [-0.1, -0.05) is 13.8 Å². The molecular weight excluding hydrogens is 176 g/mol. The SMILES string of the molecule is CCC(CC)(CN)CN(C)C(C)CO. The smallest absolute Gasteiger partial charge is 0.0584 e. The van der Waals surface area contributed by atoms with Crippen molar-refractivity contribution in [3.63, 3.8) is 0 Å². The second-order valence-corrected chi connectivity index (χ2v) is 4.36. The van der Waals surface area contributed by atoms with E-state index >= 15 is 0 Å². The lowest BCUT2D eigenvalue weighted by molar-refractivity contribution is 0.100. The fourth-order valence-corrected chi connectivity index (χ4v) is 1.65. The monoisotopic (exact) mass is 202 g/mol. The van der Waals surface area contributed by atoms with Crippen LogP contribution in [0.4, 0.5) is 0 Å². The van der Waals surface area contributed by atoms with Crippen LogP contribution in [0.15, 0.2) is 0 Å². The van der Waals surface area contributed by atoms with Gasteiger partial charge >= 0.3 is 0 Å². The lowest BCUT2D eigenvalue weighted by atomic mass is 9.82. The number of rotatable bonds is 7. The summed E-state index contributed by atoms with van der Waals surface area (Å²) in [4.78, 5) is 2.19. The molecule has 3 N–H and O–H groups in total. The molecule has 0 aliphatic heterocycles. The Kier molecular flexibility index (Phi) is 6.33. The fraction of sp³-hybridized carbons (Fsp3) is 1.00. The summed E-state index contributed by atoms with van der Waals surface area (Å²) in [6, 6.07) is 0.221. The summed E-state index contributed by atoms with van der Waals surface area (Å²) in [6.07, 6.45) is 2.20. The zero-order valence-corrected chi connectivity index (χ0v) is 10.1. The molecule has 0 saturated carbocycles. The second kappa shape index (κ2) is 6.38. The molecule has 3 nitrogen and oxygen atoms in total. The quantitative estimate of drug-likeness (QED) is 0.649. The topological polar surface area (TPSA) is 49.5 Å². The molecule has 1 unspecified atom stereocenters. The molecule has 0 amide bonds. The van der Waals surface area contributed by atoms with E-state index in [-0.39, 0.29) is 18.1 Å². The fourth-order valence-electron chi connectivity index (χ4n) is 1.65. The van der Waals surface area contributed by atoms with Gasteiger partial charge in [-0.2, -0.15) is 0 Å². The maximum Gasteiger partial charge on any atom is 0.0584 e. The van der Waals surface area contributed by atoms with Gasteiger partial charge in [0.1, 0.15) is 0 Å². The Morgan fingerprint density at radius 1 is 1.36 bits per heavy atom. The summed E-state index contributed by atoms with van der Waals surface area (Å²) < 4.78 is 0. The maximum absolute atomic E-state index is 9.05. The maximum atomic E-state index is 9.05. The van der Waals surface area contributed by atoms with Crippen molar-refractivity contribution in [2.24, 2.45) is 11.1 Å². The Hall–Kier alpha value is -0.120. The van der Waals surface area contributed by atoms with Crippen LogP contribution in [-0.2, 0) is 0 Å². The summed E-state index contributed by atoms with van der Waals surface area (Å²) in [5, 5.41) is 9.05. The van der Waals surface area contributed by atoms with Crippen LogP contribution in [0.3, 0.4) is 0 Å². The van der Waals surface area contributed by atoms with Crippen LogP contribution in [0.25, 0.3) is 0 Å². The highest BCUT2D eigenvalue weighted by Crippen LogP contribution is 2.26. The molecule has 0 fully saturated rings. The average Bonchev–Trinajstić information content (AvgIpc) is 2.24. The van der Waals surface area contributed by atoms with Crippen molar-refractivity contribution < 1.29 is 5.11 Å². The summed E-state index contributed by atoms with van der Waals surface area (Å²) in [5.41, 5.74) is 6.05. The number of hydrogen-bond acceptors (Lipinski definition) is 3. The van der Waals surface area contributed by atoms with Crippen molar-refractivity contribution in [3.8, 4) is 0 Å². The highest BCUT2D eigenvalue weighted by molar-refractivity contribution is 4.82. The van der Waals surface area contributed by atoms with E-state index in [4.69, 9.17) is 10.8 Å². The van der Waals surface area contributed by atoms with Crippen molar-refractivity contribution in [1.82, 2.24) is 4.90 Å². The minimum absolute atomic E-state index is 0.213. The first kappa shape index (κ1) is 13.9. The highest BCUT2D eigenvalue weighted by Gasteiger charge is 2.27. The van der Waals surface area contributed by atoms with Gasteiger partial charge in [-0.3, -0.25) is 0 Å². The van der Waals surface area contributed by atoms with Crippen molar-refractivity contribution in [2.75, 3.05) is 26.7 Å². The van der Waals surface area contributed by atoms with Gasteiger partial charge in [-0.25, -0.2) is 0 Å². The summed E-state index contributed by atoms with van der Waals surface area (Å²) in [5.74, 6) is 0. The molecule has 0 rings (SSSR count). The first-order chi connectivity index (χ1) is 6.55. The van der Waals surface area contributed by atoms with Gasteiger partial charge in [0.2, 0.25) is 0 Å². The Morgan fingerprint density at radius 3 is 2.14 bits per heavy atom. The molecule has 0 radical (unpaired) electrons. The molecule has 14 heavy (non-hydrogen) atoms. The van der Waals surface area contributed by atoms with Crippen LogP contribution >= 0.6 is 0 Å². The predicted molar refractivity (Wildman–Crippen MR) is 61.2 cm³/mol. The summed E-state index contributed by atoms with van der Waals surface area (Å²) in [6.45, 7) is 8.32. The predicted octanol–water partition coefficient (Wildman–Crippen LogP) is 1.06. The highest BCUT2D eigenvalue weighted by atomic mass is 16.3. The van der Waals surface area contributed by atoms with E-state index in [0.717, 1.165) is 25.9 Å². The number of aliphatic hydroxyl groups is 1. The van der Waals surface area contributed by atoms with Crippen LogP contribution < -0.4 is 5.73 Å². The van der Waals surface area contributed by atoms with Crippen LogP contribution in [-0.4, -0.2) is 42.8 Å². The van der Waals surface area contributed by atoms with E-state index in [1.165, 1.54) is 0 Å². The van der Waals surface area contributed by atoms with Gasteiger partial charge in [0.05, 0.1) is 6.61 Å². The molecule has 0 aliphatic rings. The van der Waals surface area contributed by atoms with Crippen LogP contribution in [0, 0.1) is 5.41 Å². The molecule has 0 saturated heterocycles. The van der Waals surface area contributed by atoms with Gasteiger partial charge < -0.3 is 15.7 Å². The summed E-state index contributed by atoms with van der Waals surface area (Å²) >= 11 is 0. The van der Waals surface area contributed by atoms with Crippen molar-refractivity contribution >= 4 is 0 Å². The molecule has 0 bridgehead atoms. The molecular formula is C11H26N2O. The van der Waals surface area contributed by atoms with Crippen molar-refractivity contribution in [3.05, 3.63) is 0 Å². The minimum Gasteiger partial charge on any atom is -0.395 e. The third-order valence-corrected chi connectivity index (χ3v) is 3.53. The standard InChI is InChI=1S/C11H26N2O/c1-5-11(6-2,8-12)9-13(4)10(3)7-14/h10,14H,5-9,12H2,1-4H3. The summed E-state index contributed by atoms with van der Waals surface area (Å²) in [7, 11) is 2.05. The lowest BCUT2D eigenvalue weighted by Crippen LogP contribution is -2.44. The van der Waals surface area contributed by atoms with Crippen LogP contribution in [0.5, 0.6) is 0 Å². The molecule has 86 valence electrons. The number of aliphatic hydroxyl groups excluding tert-OH is 1. The molecule has 0 aromatic heterocycles. The van der Waals surface area contributed by atoms with Gasteiger partial charge in [-0.15, -0.1) is 0 Å². The molecule has 0 heterocycles. The zero-order valence-electron chi connectivity index (χ0n) is 10.1. The van der Waals surface area contributed by atoms with Crippen molar-refractivity contribution in [1.29, 1.82) is 0 Å².